The number of ketones is 1. The van der Waals surface area contributed by atoms with E-state index < -0.39 is 50.7 Å². The van der Waals surface area contributed by atoms with Crippen LogP contribution in [-0.4, -0.2) is 43.7 Å². The molecule has 0 spiro atoms. The van der Waals surface area contributed by atoms with Gasteiger partial charge in [0.25, 0.3) is 5.91 Å². The van der Waals surface area contributed by atoms with Gasteiger partial charge in [-0.15, -0.1) is 0 Å². The molecule has 1 aliphatic carbocycles. The molecule has 71 heavy (non-hydrogen) atoms. The van der Waals surface area contributed by atoms with Crippen LogP contribution in [0.3, 0.4) is 0 Å². The molecule has 0 saturated heterocycles. The van der Waals surface area contributed by atoms with Crippen molar-refractivity contribution in [2.24, 2.45) is 0 Å². The van der Waals surface area contributed by atoms with Crippen molar-refractivity contribution in [3.63, 3.8) is 0 Å². The highest BCUT2D eigenvalue weighted by atomic mass is 32.2. The topological polar surface area (TPSA) is 156 Å². The number of alkyl halides is 3. The SMILES string of the molecule is O=C(N[C@@H]1CCC[C@H]1OC(=O)c1cc(OCc2ccccc2)c(C(=O)c2c(NS(=O)(=O)C(F)(F)F)cccc2OCc2ccccc2)c(OCc2ccccc2)c1)c1ccc(OCc2ccccc2)cc1. The molecule has 16 heteroatoms. The van der Waals surface area contributed by atoms with Gasteiger partial charge in [-0.25, -0.2) is 4.79 Å². The summed E-state index contributed by atoms with van der Waals surface area (Å²) in [5.74, 6) is -2.47. The first-order valence-electron chi connectivity index (χ1n) is 22.5. The lowest BCUT2D eigenvalue weighted by Crippen LogP contribution is -2.42. The number of benzene rings is 7. The van der Waals surface area contributed by atoms with E-state index in [1.165, 1.54) is 29.0 Å². The minimum Gasteiger partial charge on any atom is -0.489 e. The molecular weight excluding hydrogens is 938 g/mol. The predicted octanol–water partition coefficient (Wildman–Crippen LogP) is 11.0. The molecule has 0 aliphatic heterocycles. The monoisotopic (exact) mass is 984 g/mol. The van der Waals surface area contributed by atoms with Crippen molar-refractivity contribution in [2.75, 3.05) is 4.72 Å². The van der Waals surface area contributed by atoms with E-state index in [1.54, 1.807) is 115 Å². The summed E-state index contributed by atoms with van der Waals surface area (Å²) in [5, 5.41) is 3.00. The van der Waals surface area contributed by atoms with Crippen molar-refractivity contribution in [1.29, 1.82) is 0 Å². The summed E-state index contributed by atoms with van der Waals surface area (Å²) in [6.07, 6.45) is 0.802. The first-order valence-corrected chi connectivity index (χ1v) is 24.0. The molecule has 0 radical (unpaired) electrons. The van der Waals surface area contributed by atoms with Crippen LogP contribution in [0, 0.1) is 0 Å². The number of halogens is 3. The molecule has 1 fully saturated rings. The van der Waals surface area contributed by atoms with Crippen molar-refractivity contribution >= 4 is 33.4 Å². The maximum atomic E-state index is 15.3. The Morgan fingerprint density at radius 2 is 1.01 bits per heavy atom. The number of esters is 1. The molecule has 8 rings (SSSR count). The third-order valence-electron chi connectivity index (χ3n) is 11.4. The zero-order chi connectivity index (χ0) is 49.8. The molecule has 1 saturated carbocycles. The highest BCUT2D eigenvalue weighted by Gasteiger charge is 2.47. The summed E-state index contributed by atoms with van der Waals surface area (Å²) in [5.41, 5.74) is -4.29. The minimum absolute atomic E-state index is 0.123. The van der Waals surface area contributed by atoms with Gasteiger partial charge in [0, 0.05) is 5.56 Å². The summed E-state index contributed by atoms with van der Waals surface area (Å²) in [4.78, 5) is 43.2. The highest BCUT2D eigenvalue weighted by Crippen LogP contribution is 2.40. The van der Waals surface area contributed by atoms with E-state index in [9.17, 15) is 31.2 Å². The fourth-order valence-electron chi connectivity index (χ4n) is 7.80. The molecule has 0 heterocycles. The number of amides is 1. The average Bonchev–Trinajstić information content (AvgIpc) is 3.82. The number of hydrogen-bond donors (Lipinski definition) is 2. The summed E-state index contributed by atoms with van der Waals surface area (Å²) in [6.45, 7) is -0.117. The molecule has 1 aliphatic rings. The second-order valence-electron chi connectivity index (χ2n) is 16.5. The largest absolute Gasteiger partial charge is 0.516 e. The highest BCUT2D eigenvalue weighted by molar-refractivity contribution is 7.93. The van der Waals surface area contributed by atoms with E-state index in [4.69, 9.17) is 23.7 Å². The molecule has 0 bridgehead atoms. The van der Waals surface area contributed by atoms with E-state index in [2.05, 4.69) is 5.32 Å². The Morgan fingerprint density at radius 1 is 0.535 bits per heavy atom. The number of ether oxygens (including phenoxy) is 5. The molecule has 0 unspecified atom stereocenters. The number of hydrogen-bond acceptors (Lipinski definition) is 10. The fourth-order valence-corrected chi connectivity index (χ4v) is 8.37. The van der Waals surface area contributed by atoms with Crippen molar-refractivity contribution in [3.05, 3.63) is 220 Å². The second kappa shape index (κ2) is 22.5. The molecule has 7 aromatic rings. The fraction of sp³-hybridized carbons (Fsp3) is 0.182. The lowest BCUT2D eigenvalue weighted by Gasteiger charge is -2.23. The number of sulfonamides is 1. The van der Waals surface area contributed by atoms with Gasteiger partial charge in [0.05, 0.1) is 22.9 Å². The van der Waals surface area contributed by atoms with E-state index in [-0.39, 0.29) is 54.1 Å². The summed E-state index contributed by atoms with van der Waals surface area (Å²) in [6, 6.07) is 48.2. The third kappa shape index (κ3) is 12.8. The van der Waals surface area contributed by atoms with Crippen molar-refractivity contribution in [1.82, 2.24) is 5.32 Å². The standard InChI is InChI=1S/C55H47F3N2O10S/c56-55(57,58)71(64,65)60-45-24-14-26-47(67-34-38-17-7-2-8-18-38)50(45)52(61)51-48(68-35-39-19-9-3-10-20-39)31-42(32-49(51)69-36-40-21-11-4-12-22-40)54(63)70-46-25-13-23-44(46)59-53(62)41-27-29-43(30-28-41)66-33-37-15-5-1-6-16-37/h1-12,14-22,24,26-32,44,46,60H,13,23,25,33-36H2,(H,59,62)/t44-,46-/m1/s1. The molecule has 12 nitrogen and oxygen atoms in total. The molecule has 7 aromatic carbocycles. The number of carbonyl (C=O) groups excluding carboxylic acids is 3. The van der Waals surface area contributed by atoms with Crippen LogP contribution in [0.15, 0.2) is 176 Å². The minimum atomic E-state index is -6.07. The maximum Gasteiger partial charge on any atom is 0.516 e. The lowest BCUT2D eigenvalue weighted by atomic mass is 9.97. The van der Waals surface area contributed by atoms with Crippen molar-refractivity contribution in [2.45, 2.75) is 63.3 Å². The van der Waals surface area contributed by atoms with Crippen molar-refractivity contribution in [3.8, 4) is 23.0 Å². The predicted molar refractivity (Wildman–Crippen MR) is 259 cm³/mol. The van der Waals surface area contributed by atoms with E-state index in [0.29, 0.717) is 53.9 Å². The Labute approximate surface area is 408 Å². The van der Waals surface area contributed by atoms with Gasteiger partial charge in [-0.2, -0.15) is 21.6 Å². The Kier molecular flexibility index (Phi) is 15.7. The zero-order valence-corrected chi connectivity index (χ0v) is 38.8. The van der Waals surface area contributed by atoms with E-state index >= 15 is 4.79 Å². The second-order valence-corrected chi connectivity index (χ2v) is 18.2. The van der Waals surface area contributed by atoms with E-state index in [0.717, 1.165) is 11.6 Å². The van der Waals surface area contributed by atoms with Crippen LogP contribution >= 0.6 is 0 Å². The van der Waals surface area contributed by atoms with Gasteiger partial charge in [-0.05, 0) is 90.0 Å². The van der Waals surface area contributed by atoms with Gasteiger partial charge in [0.2, 0.25) is 5.78 Å². The normalized spacial score (nSPS) is 14.5. The van der Waals surface area contributed by atoms with Crippen LogP contribution in [0.4, 0.5) is 18.9 Å². The summed E-state index contributed by atoms with van der Waals surface area (Å²) >= 11 is 0. The van der Waals surface area contributed by atoms with Gasteiger partial charge in [-0.3, -0.25) is 14.3 Å². The molecule has 364 valence electrons. The lowest BCUT2D eigenvalue weighted by molar-refractivity contribution is -0.0429. The Morgan fingerprint density at radius 3 is 1.51 bits per heavy atom. The zero-order valence-electron chi connectivity index (χ0n) is 38.0. The van der Waals surface area contributed by atoms with Gasteiger partial charge in [0.1, 0.15) is 61.1 Å². The van der Waals surface area contributed by atoms with Crippen LogP contribution in [0.25, 0.3) is 0 Å². The molecule has 2 atom stereocenters. The third-order valence-corrected chi connectivity index (χ3v) is 12.5. The van der Waals surface area contributed by atoms with Gasteiger partial charge >= 0.3 is 21.5 Å². The number of anilines is 1. The quantitative estimate of drug-likeness (QED) is 0.0557. The van der Waals surface area contributed by atoms with Gasteiger partial charge in [0.15, 0.2) is 0 Å². The van der Waals surface area contributed by atoms with E-state index in [1.807, 2.05) is 30.3 Å². The first-order chi connectivity index (χ1) is 34.3. The summed E-state index contributed by atoms with van der Waals surface area (Å²) in [7, 11) is -6.07. The van der Waals surface area contributed by atoms with Crippen LogP contribution in [0.5, 0.6) is 23.0 Å². The maximum absolute atomic E-state index is 15.3. The Hall–Kier alpha value is -8.11. The van der Waals surface area contributed by atoms with Gasteiger partial charge < -0.3 is 29.0 Å². The molecular formula is C55H47F3N2O10S. The Balaban J connectivity index is 1.13. The van der Waals surface area contributed by atoms with Crippen LogP contribution < -0.4 is 29.0 Å². The summed E-state index contributed by atoms with van der Waals surface area (Å²) < 4.78 is 99.3. The van der Waals surface area contributed by atoms with Crippen LogP contribution in [0.1, 0.15) is 78.2 Å². The van der Waals surface area contributed by atoms with Crippen LogP contribution in [-0.2, 0) is 41.2 Å². The number of nitrogens with one attached hydrogen (secondary N) is 2. The molecule has 1 amide bonds. The number of carbonyl (C=O) groups is 3. The van der Waals surface area contributed by atoms with Crippen LogP contribution in [0.2, 0.25) is 0 Å². The van der Waals surface area contributed by atoms with Gasteiger partial charge in [-0.1, -0.05) is 127 Å². The van der Waals surface area contributed by atoms with Crippen molar-refractivity contribution < 1.29 is 59.7 Å². The number of rotatable bonds is 20. The first kappa shape index (κ1) is 49.3. The molecule has 0 aromatic heterocycles. The average molecular weight is 985 g/mol. The smallest absolute Gasteiger partial charge is 0.489 e. The Bertz CT molecular complexity index is 2990. The molecule has 2 N–H and O–H groups in total.